The molecule has 3 aromatic rings. The van der Waals surface area contributed by atoms with E-state index in [1.807, 2.05) is 25.1 Å². The highest BCUT2D eigenvalue weighted by atomic mass is 79.9. The third-order valence-electron chi connectivity index (χ3n) is 4.07. The van der Waals surface area contributed by atoms with Crippen molar-refractivity contribution in [2.24, 2.45) is 0 Å². The van der Waals surface area contributed by atoms with Crippen molar-refractivity contribution in [1.29, 1.82) is 0 Å². The summed E-state index contributed by atoms with van der Waals surface area (Å²) >= 11 is 3.46. The third-order valence-corrected chi connectivity index (χ3v) is 4.72. The van der Waals surface area contributed by atoms with Crippen molar-refractivity contribution in [2.75, 3.05) is 18.5 Å². The number of aryl methyl sites for hydroxylation is 1. The van der Waals surface area contributed by atoms with Gasteiger partial charge in [0.1, 0.15) is 18.8 Å². The number of anilines is 1. The summed E-state index contributed by atoms with van der Waals surface area (Å²) in [6.45, 7) is 3.04. The summed E-state index contributed by atoms with van der Waals surface area (Å²) in [5.41, 5.74) is 3.43. The van der Waals surface area contributed by atoms with Gasteiger partial charge >= 0.3 is 0 Å². The lowest BCUT2D eigenvalue weighted by Crippen LogP contribution is -2.17. The normalized spacial score (nSPS) is 13.0. The molecule has 1 N–H and O–H groups in total. The van der Waals surface area contributed by atoms with Gasteiger partial charge in [0, 0.05) is 27.6 Å². The SMILES string of the molecule is Cc1ccc2c(CC(=O)Nc3cc4c(cc3Br)OCCO4)coc2c1. The van der Waals surface area contributed by atoms with Gasteiger partial charge in [0.25, 0.3) is 0 Å². The lowest BCUT2D eigenvalue weighted by atomic mass is 10.1. The summed E-state index contributed by atoms with van der Waals surface area (Å²) < 4.78 is 17.4. The monoisotopic (exact) mass is 401 g/mol. The molecule has 0 radical (unpaired) electrons. The Morgan fingerprint density at radius 1 is 1.16 bits per heavy atom. The molecule has 5 nitrogen and oxygen atoms in total. The summed E-state index contributed by atoms with van der Waals surface area (Å²) in [6.07, 6.45) is 1.87. The molecule has 0 atom stereocenters. The molecule has 1 amide bonds. The zero-order valence-corrected chi connectivity index (χ0v) is 15.2. The van der Waals surface area contributed by atoms with Crippen molar-refractivity contribution in [3.8, 4) is 11.5 Å². The van der Waals surface area contributed by atoms with Gasteiger partial charge < -0.3 is 19.2 Å². The quantitative estimate of drug-likeness (QED) is 0.703. The van der Waals surface area contributed by atoms with Crippen molar-refractivity contribution >= 4 is 38.5 Å². The summed E-state index contributed by atoms with van der Waals surface area (Å²) in [5.74, 6) is 1.18. The van der Waals surface area contributed by atoms with Crippen LogP contribution in [-0.2, 0) is 11.2 Å². The Morgan fingerprint density at radius 3 is 2.72 bits per heavy atom. The van der Waals surface area contributed by atoms with Crippen molar-refractivity contribution in [3.63, 3.8) is 0 Å². The maximum absolute atomic E-state index is 12.5. The van der Waals surface area contributed by atoms with Crippen molar-refractivity contribution in [2.45, 2.75) is 13.3 Å². The second kappa shape index (κ2) is 6.44. The average molecular weight is 402 g/mol. The van der Waals surface area contributed by atoms with Gasteiger partial charge in [-0.2, -0.15) is 0 Å². The fourth-order valence-electron chi connectivity index (χ4n) is 2.85. The number of benzene rings is 2. The molecule has 0 spiro atoms. The van der Waals surface area contributed by atoms with E-state index in [2.05, 4.69) is 21.2 Å². The molecule has 0 saturated carbocycles. The van der Waals surface area contributed by atoms with E-state index in [9.17, 15) is 4.79 Å². The van der Waals surface area contributed by atoms with E-state index < -0.39 is 0 Å². The first kappa shape index (κ1) is 16.0. The maximum Gasteiger partial charge on any atom is 0.228 e. The number of carbonyl (C=O) groups is 1. The molecule has 6 heteroatoms. The van der Waals surface area contributed by atoms with Crippen LogP contribution in [0.1, 0.15) is 11.1 Å². The Bertz CT molecular complexity index is 963. The van der Waals surface area contributed by atoms with Crippen LogP contribution in [0.5, 0.6) is 11.5 Å². The Hall–Kier alpha value is -2.47. The number of ether oxygens (including phenoxy) is 2. The lowest BCUT2D eigenvalue weighted by Gasteiger charge is -2.20. The molecule has 0 fully saturated rings. The number of furan rings is 1. The molecule has 25 heavy (non-hydrogen) atoms. The van der Waals surface area contributed by atoms with Gasteiger partial charge in [0.05, 0.1) is 18.4 Å². The lowest BCUT2D eigenvalue weighted by molar-refractivity contribution is -0.115. The van der Waals surface area contributed by atoms with Gasteiger partial charge in [-0.25, -0.2) is 0 Å². The smallest absolute Gasteiger partial charge is 0.228 e. The minimum absolute atomic E-state index is 0.124. The van der Waals surface area contributed by atoms with E-state index >= 15 is 0 Å². The molecule has 0 saturated heterocycles. The number of rotatable bonds is 3. The molecule has 0 aliphatic carbocycles. The fourth-order valence-corrected chi connectivity index (χ4v) is 3.28. The predicted octanol–water partition coefficient (Wildman–Crippen LogP) is 4.46. The number of amides is 1. The zero-order chi connectivity index (χ0) is 17.4. The molecular formula is C19H16BrNO4. The Morgan fingerprint density at radius 2 is 1.92 bits per heavy atom. The summed E-state index contributed by atoms with van der Waals surface area (Å²) in [6, 6.07) is 9.54. The van der Waals surface area contributed by atoms with Gasteiger partial charge in [0.15, 0.2) is 11.5 Å². The number of carbonyl (C=O) groups excluding carboxylic acids is 1. The molecule has 0 bridgehead atoms. The summed E-state index contributed by atoms with van der Waals surface area (Å²) in [4.78, 5) is 12.5. The Balaban J connectivity index is 1.54. The van der Waals surface area contributed by atoms with Gasteiger partial charge in [-0.05, 0) is 34.5 Å². The number of halogens is 1. The van der Waals surface area contributed by atoms with Crippen LogP contribution < -0.4 is 14.8 Å². The highest BCUT2D eigenvalue weighted by Gasteiger charge is 2.17. The van der Waals surface area contributed by atoms with E-state index in [-0.39, 0.29) is 12.3 Å². The molecule has 1 aromatic heterocycles. The molecule has 128 valence electrons. The van der Waals surface area contributed by atoms with Crippen LogP contribution in [0.2, 0.25) is 0 Å². The maximum atomic E-state index is 12.5. The van der Waals surface area contributed by atoms with Crippen molar-refractivity contribution in [3.05, 3.63) is 52.2 Å². The zero-order valence-electron chi connectivity index (χ0n) is 13.6. The summed E-state index contributed by atoms with van der Waals surface area (Å²) in [5, 5.41) is 3.87. The second-order valence-corrected chi connectivity index (χ2v) is 6.82. The van der Waals surface area contributed by atoms with Crippen LogP contribution >= 0.6 is 15.9 Å². The van der Waals surface area contributed by atoms with E-state index in [1.54, 1.807) is 18.4 Å². The molecule has 2 heterocycles. The number of nitrogens with one attached hydrogen (secondary N) is 1. The van der Waals surface area contributed by atoms with Crippen LogP contribution in [0.25, 0.3) is 11.0 Å². The highest BCUT2D eigenvalue weighted by molar-refractivity contribution is 9.10. The Kier molecular flexibility index (Phi) is 4.13. The average Bonchev–Trinajstić information content (AvgIpc) is 2.97. The van der Waals surface area contributed by atoms with Crippen molar-refractivity contribution in [1.82, 2.24) is 0 Å². The predicted molar refractivity (Wildman–Crippen MR) is 98.4 cm³/mol. The first-order chi connectivity index (χ1) is 12.1. The van der Waals surface area contributed by atoms with Gasteiger partial charge in [-0.1, -0.05) is 12.1 Å². The second-order valence-electron chi connectivity index (χ2n) is 5.96. The Labute approximate surface area is 153 Å². The summed E-state index contributed by atoms with van der Waals surface area (Å²) in [7, 11) is 0. The van der Waals surface area contributed by atoms with Crippen LogP contribution in [0.3, 0.4) is 0 Å². The minimum Gasteiger partial charge on any atom is -0.486 e. The first-order valence-corrected chi connectivity index (χ1v) is 8.75. The van der Waals surface area contributed by atoms with Crippen LogP contribution in [0, 0.1) is 6.92 Å². The minimum atomic E-state index is -0.124. The highest BCUT2D eigenvalue weighted by Crippen LogP contribution is 2.38. The standard InChI is InChI=1S/C19H16BrNO4/c1-11-2-3-13-12(10-25-16(13)6-11)7-19(22)21-15-9-18-17(8-14(15)20)23-4-5-24-18/h2-3,6,8-10H,4-5,7H2,1H3,(H,21,22). The molecule has 2 aromatic carbocycles. The van der Waals surface area contributed by atoms with Crippen LogP contribution in [0.4, 0.5) is 5.69 Å². The first-order valence-electron chi connectivity index (χ1n) is 7.96. The van der Waals surface area contributed by atoms with Gasteiger partial charge in [-0.15, -0.1) is 0 Å². The van der Waals surface area contributed by atoms with E-state index in [0.29, 0.717) is 30.4 Å². The number of fused-ring (bicyclic) bond motifs is 2. The number of hydrogen-bond acceptors (Lipinski definition) is 4. The topological polar surface area (TPSA) is 60.7 Å². The number of hydrogen-bond donors (Lipinski definition) is 1. The fraction of sp³-hybridized carbons (Fsp3) is 0.211. The third kappa shape index (κ3) is 3.22. The molecule has 4 rings (SSSR count). The van der Waals surface area contributed by atoms with Crippen LogP contribution in [-0.4, -0.2) is 19.1 Å². The molecule has 0 unspecified atom stereocenters. The van der Waals surface area contributed by atoms with Crippen LogP contribution in [0.15, 0.2) is 45.5 Å². The van der Waals surface area contributed by atoms with E-state index in [4.69, 9.17) is 13.9 Å². The van der Waals surface area contributed by atoms with E-state index in [1.165, 1.54) is 0 Å². The van der Waals surface area contributed by atoms with E-state index in [0.717, 1.165) is 26.6 Å². The molecule has 1 aliphatic rings. The molecular weight excluding hydrogens is 386 g/mol. The molecule has 1 aliphatic heterocycles. The largest absolute Gasteiger partial charge is 0.486 e. The van der Waals surface area contributed by atoms with Crippen molar-refractivity contribution < 1.29 is 18.7 Å². The van der Waals surface area contributed by atoms with Gasteiger partial charge in [-0.3, -0.25) is 4.79 Å². The van der Waals surface area contributed by atoms with Gasteiger partial charge in [0.2, 0.25) is 5.91 Å².